The Balaban J connectivity index is 1.92. The van der Waals surface area contributed by atoms with E-state index in [-0.39, 0.29) is 5.91 Å². The van der Waals surface area contributed by atoms with Gasteiger partial charge in [0.2, 0.25) is 0 Å². The summed E-state index contributed by atoms with van der Waals surface area (Å²) < 4.78 is 1.08. The molecule has 3 rings (SSSR count). The van der Waals surface area contributed by atoms with Gasteiger partial charge in [0.1, 0.15) is 4.88 Å². The van der Waals surface area contributed by atoms with Crippen molar-refractivity contribution in [2.75, 3.05) is 19.3 Å². The Morgan fingerprint density at radius 3 is 2.83 bits per heavy atom. The highest BCUT2D eigenvalue weighted by molar-refractivity contribution is 7.21. The highest BCUT2D eigenvalue weighted by Gasteiger charge is 2.27. The second-order valence-electron chi connectivity index (χ2n) is 4.97. The van der Waals surface area contributed by atoms with Crippen LogP contribution in [-0.4, -0.2) is 24.4 Å². The number of carbonyl (C=O) groups is 1. The molecule has 1 aromatic carbocycles. The van der Waals surface area contributed by atoms with Crippen molar-refractivity contribution in [2.24, 2.45) is 5.92 Å². The minimum atomic E-state index is 0.0561. The molecule has 0 unspecified atom stereocenters. The van der Waals surface area contributed by atoms with E-state index in [1.165, 1.54) is 24.2 Å². The van der Waals surface area contributed by atoms with E-state index < -0.39 is 0 Å². The van der Waals surface area contributed by atoms with Crippen molar-refractivity contribution in [1.29, 1.82) is 0 Å². The first-order valence-electron chi connectivity index (χ1n) is 6.19. The summed E-state index contributed by atoms with van der Waals surface area (Å²) in [7, 11) is 1.87. The maximum Gasteiger partial charge on any atom is 0.265 e. The van der Waals surface area contributed by atoms with Crippen molar-refractivity contribution in [3.05, 3.63) is 29.1 Å². The molecule has 18 heavy (non-hydrogen) atoms. The molecule has 1 fully saturated rings. The van der Waals surface area contributed by atoms with Gasteiger partial charge in [-0.3, -0.25) is 4.79 Å². The number of benzene rings is 1. The van der Waals surface area contributed by atoms with Gasteiger partial charge >= 0.3 is 0 Å². The number of nitrogens with two attached hydrogens (primary N) is 1. The molecule has 0 radical (unpaired) electrons. The zero-order valence-electron chi connectivity index (χ0n) is 10.3. The molecule has 4 heteroatoms. The zero-order valence-corrected chi connectivity index (χ0v) is 11.2. The molecule has 1 saturated carbocycles. The summed E-state index contributed by atoms with van der Waals surface area (Å²) in [4.78, 5) is 14.8. The van der Waals surface area contributed by atoms with Gasteiger partial charge in [0.25, 0.3) is 5.91 Å². The molecule has 1 heterocycles. The molecule has 1 amide bonds. The lowest BCUT2D eigenvalue weighted by atomic mass is 10.2. The highest BCUT2D eigenvalue weighted by Crippen LogP contribution is 2.35. The summed E-state index contributed by atoms with van der Waals surface area (Å²) in [5.74, 6) is 0.759. The van der Waals surface area contributed by atoms with E-state index >= 15 is 0 Å². The van der Waals surface area contributed by atoms with Crippen LogP contribution in [0, 0.1) is 5.92 Å². The predicted octanol–water partition coefficient (Wildman–Crippen LogP) is 2.97. The zero-order chi connectivity index (χ0) is 12.7. The first-order chi connectivity index (χ1) is 8.66. The van der Waals surface area contributed by atoms with E-state index in [2.05, 4.69) is 0 Å². The van der Waals surface area contributed by atoms with Crippen molar-refractivity contribution >= 4 is 33.0 Å². The third-order valence-corrected chi connectivity index (χ3v) is 4.58. The Kier molecular flexibility index (Phi) is 2.74. The average Bonchev–Trinajstić information content (AvgIpc) is 3.12. The maximum absolute atomic E-state index is 12.4. The van der Waals surface area contributed by atoms with Crippen LogP contribution in [0.1, 0.15) is 22.5 Å². The summed E-state index contributed by atoms with van der Waals surface area (Å²) in [5.41, 5.74) is 6.72. The number of hydrogen-bond acceptors (Lipinski definition) is 3. The molecule has 3 nitrogen and oxygen atoms in total. The number of nitrogen functional groups attached to an aromatic ring is 1. The number of nitrogens with zero attached hydrogens (tertiary/aromatic N) is 1. The second kappa shape index (κ2) is 4.28. The van der Waals surface area contributed by atoms with Crippen LogP contribution in [0.15, 0.2) is 24.3 Å². The van der Waals surface area contributed by atoms with E-state index in [0.717, 1.165) is 16.6 Å². The maximum atomic E-state index is 12.4. The molecule has 0 bridgehead atoms. The van der Waals surface area contributed by atoms with Gasteiger partial charge in [0.15, 0.2) is 0 Å². The van der Waals surface area contributed by atoms with Crippen LogP contribution in [0.5, 0.6) is 0 Å². The van der Waals surface area contributed by atoms with Crippen LogP contribution in [0.3, 0.4) is 0 Å². The van der Waals surface area contributed by atoms with Crippen molar-refractivity contribution in [3.63, 3.8) is 0 Å². The predicted molar refractivity (Wildman–Crippen MR) is 75.9 cm³/mol. The molecule has 1 aromatic heterocycles. The average molecular weight is 260 g/mol. The Labute approximate surface area is 110 Å². The van der Waals surface area contributed by atoms with Gasteiger partial charge in [-0.1, -0.05) is 18.2 Å². The fraction of sp³-hybridized carbons (Fsp3) is 0.357. The largest absolute Gasteiger partial charge is 0.397 e. The normalized spacial score (nSPS) is 14.9. The number of carbonyl (C=O) groups excluding carboxylic acids is 1. The topological polar surface area (TPSA) is 46.3 Å². The van der Waals surface area contributed by atoms with Crippen molar-refractivity contribution in [3.8, 4) is 0 Å². The van der Waals surface area contributed by atoms with Crippen LogP contribution < -0.4 is 5.73 Å². The Bertz CT molecular complexity index is 601. The third kappa shape index (κ3) is 1.97. The molecule has 0 spiro atoms. The van der Waals surface area contributed by atoms with Crippen molar-refractivity contribution in [2.45, 2.75) is 12.8 Å². The van der Waals surface area contributed by atoms with Gasteiger partial charge in [-0.25, -0.2) is 0 Å². The molecule has 1 aliphatic rings. The molecule has 1 aliphatic carbocycles. The quantitative estimate of drug-likeness (QED) is 0.922. The summed E-state index contributed by atoms with van der Waals surface area (Å²) in [6.07, 6.45) is 2.50. The Morgan fingerprint density at radius 1 is 1.44 bits per heavy atom. The first-order valence-corrected chi connectivity index (χ1v) is 7.01. The second-order valence-corrected chi connectivity index (χ2v) is 6.02. The van der Waals surface area contributed by atoms with E-state index in [9.17, 15) is 4.79 Å². The Morgan fingerprint density at radius 2 is 2.17 bits per heavy atom. The van der Waals surface area contributed by atoms with Crippen LogP contribution >= 0.6 is 11.3 Å². The molecule has 0 saturated heterocycles. The molecular weight excluding hydrogens is 244 g/mol. The lowest BCUT2D eigenvalue weighted by molar-refractivity contribution is 0.0794. The number of hydrogen-bond donors (Lipinski definition) is 1. The summed E-state index contributed by atoms with van der Waals surface area (Å²) in [5, 5.41) is 0.991. The summed E-state index contributed by atoms with van der Waals surface area (Å²) in [6, 6.07) is 7.90. The number of thiophene rings is 1. The highest BCUT2D eigenvalue weighted by atomic mass is 32.1. The standard InChI is InChI=1S/C14H16N2OS/c1-16(8-9-6-7-9)14(17)13-12(15)10-4-2-3-5-11(10)18-13/h2-5,9H,6-8,15H2,1H3. The summed E-state index contributed by atoms with van der Waals surface area (Å²) >= 11 is 1.49. The minimum Gasteiger partial charge on any atom is -0.397 e. The monoisotopic (exact) mass is 260 g/mol. The fourth-order valence-corrected chi connectivity index (χ4v) is 3.29. The van der Waals surface area contributed by atoms with E-state index in [0.29, 0.717) is 16.5 Å². The number of fused-ring (bicyclic) bond motifs is 1. The number of amides is 1. The third-order valence-electron chi connectivity index (χ3n) is 3.40. The smallest absolute Gasteiger partial charge is 0.265 e. The molecule has 0 aliphatic heterocycles. The van der Waals surface area contributed by atoms with Crippen molar-refractivity contribution < 1.29 is 4.79 Å². The van der Waals surface area contributed by atoms with Gasteiger partial charge < -0.3 is 10.6 Å². The van der Waals surface area contributed by atoms with Crippen molar-refractivity contribution in [1.82, 2.24) is 4.90 Å². The van der Waals surface area contributed by atoms with Crippen LogP contribution in [0.25, 0.3) is 10.1 Å². The van der Waals surface area contributed by atoms with E-state index in [1.807, 2.05) is 31.3 Å². The minimum absolute atomic E-state index is 0.0561. The number of anilines is 1. The molecule has 2 N–H and O–H groups in total. The van der Waals surface area contributed by atoms with E-state index in [4.69, 9.17) is 5.73 Å². The number of rotatable bonds is 3. The lowest BCUT2D eigenvalue weighted by Crippen LogP contribution is -2.28. The fourth-order valence-electron chi connectivity index (χ4n) is 2.17. The van der Waals surface area contributed by atoms with Crippen LogP contribution in [-0.2, 0) is 0 Å². The SMILES string of the molecule is CN(CC1CC1)C(=O)c1sc2ccccc2c1N. The van der Waals surface area contributed by atoms with Gasteiger partial charge in [0, 0.05) is 23.7 Å². The first kappa shape index (κ1) is 11.5. The van der Waals surface area contributed by atoms with Crippen LogP contribution in [0.2, 0.25) is 0 Å². The Hall–Kier alpha value is -1.55. The molecule has 0 atom stereocenters. The molecule has 94 valence electrons. The van der Waals surface area contributed by atoms with Gasteiger partial charge in [0.05, 0.1) is 5.69 Å². The van der Waals surface area contributed by atoms with Gasteiger partial charge in [-0.05, 0) is 24.8 Å². The molecular formula is C14H16N2OS. The van der Waals surface area contributed by atoms with Gasteiger partial charge in [-0.15, -0.1) is 11.3 Å². The van der Waals surface area contributed by atoms with Crippen LogP contribution in [0.4, 0.5) is 5.69 Å². The summed E-state index contributed by atoms with van der Waals surface area (Å²) in [6.45, 7) is 0.854. The van der Waals surface area contributed by atoms with E-state index in [1.54, 1.807) is 4.90 Å². The lowest BCUT2D eigenvalue weighted by Gasteiger charge is -2.15. The molecule has 2 aromatic rings. The van der Waals surface area contributed by atoms with Gasteiger partial charge in [-0.2, -0.15) is 0 Å².